The second-order valence-electron chi connectivity index (χ2n) is 7.79. The normalized spacial score (nSPS) is 25.8. The van der Waals surface area contributed by atoms with Crippen LogP contribution >= 0.6 is 0 Å². The summed E-state index contributed by atoms with van der Waals surface area (Å²) < 4.78 is 5.56. The van der Waals surface area contributed by atoms with Gasteiger partial charge in [-0.3, -0.25) is 19.3 Å². The number of carbonyl (C=O) groups excluding carboxylic acids is 3. The van der Waals surface area contributed by atoms with E-state index in [2.05, 4.69) is 5.32 Å². The molecule has 0 aromatic heterocycles. The quantitative estimate of drug-likeness (QED) is 0.856. The molecule has 0 aliphatic carbocycles. The zero-order valence-corrected chi connectivity index (χ0v) is 16.2. The van der Waals surface area contributed by atoms with Gasteiger partial charge in [0.15, 0.2) is 0 Å². The van der Waals surface area contributed by atoms with E-state index in [1.54, 1.807) is 36.1 Å². The van der Waals surface area contributed by atoms with Gasteiger partial charge in [-0.1, -0.05) is 12.1 Å². The molecule has 2 fully saturated rings. The highest BCUT2D eigenvalue weighted by Crippen LogP contribution is 2.33. The van der Waals surface area contributed by atoms with Crippen molar-refractivity contribution in [3.8, 4) is 0 Å². The first-order valence-electron chi connectivity index (χ1n) is 10.2. The zero-order chi connectivity index (χ0) is 19.7. The molecule has 4 rings (SSSR count). The number of amides is 3. The predicted octanol–water partition coefficient (Wildman–Crippen LogP) is 1.71. The summed E-state index contributed by atoms with van der Waals surface area (Å²) in [6.07, 6.45) is 4.43. The summed E-state index contributed by atoms with van der Waals surface area (Å²) in [6.45, 7) is 3.48. The zero-order valence-electron chi connectivity index (χ0n) is 16.2. The maximum atomic E-state index is 13.4. The lowest BCUT2D eigenvalue weighted by atomic mass is 10.0. The first-order chi connectivity index (χ1) is 13.6. The number of nitrogens with zero attached hydrogens (tertiary/aromatic N) is 2. The molecule has 3 unspecified atom stereocenters. The monoisotopic (exact) mass is 385 g/mol. The molecule has 7 nitrogen and oxygen atoms in total. The molecular formula is C21H27N3O4. The first kappa shape index (κ1) is 18.9. The molecule has 1 aromatic rings. The third-order valence-corrected chi connectivity index (χ3v) is 5.97. The summed E-state index contributed by atoms with van der Waals surface area (Å²) in [4.78, 5) is 42.6. The van der Waals surface area contributed by atoms with Crippen molar-refractivity contribution in [3.63, 3.8) is 0 Å². The number of piperidine rings is 1. The lowest BCUT2D eigenvalue weighted by Crippen LogP contribution is -2.55. The molecule has 0 bridgehead atoms. The molecule has 7 heteroatoms. The van der Waals surface area contributed by atoms with Crippen LogP contribution in [0.3, 0.4) is 0 Å². The number of fused-ring (bicyclic) bond motifs is 2. The van der Waals surface area contributed by atoms with E-state index >= 15 is 0 Å². The Morgan fingerprint density at radius 3 is 2.82 bits per heavy atom. The Bertz CT molecular complexity index is 775. The van der Waals surface area contributed by atoms with E-state index in [0.717, 1.165) is 32.3 Å². The molecule has 1 aromatic carbocycles. The van der Waals surface area contributed by atoms with Gasteiger partial charge in [-0.2, -0.15) is 0 Å². The number of hydrogen-bond acceptors (Lipinski definition) is 4. The molecule has 3 aliphatic heterocycles. The van der Waals surface area contributed by atoms with Crippen molar-refractivity contribution in [3.05, 3.63) is 29.8 Å². The van der Waals surface area contributed by atoms with Gasteiger partial charge in [-0.25, -0.2) is 0 Å². The van der Waals surface area contributed by atoms with Crippen LogP contribution in [0.5, 0.6) is 0 Å². The third-order valence-electron chi connectivity index (χ3n) is 5.97. The van der Waals surface area contributed by atoms with E-state index in [0.29, 0.717) is 30.8 Å². The number of carbonyl (C=O) groups is 3. The Labute approximate surface area is 165 Å². The number of benzene rings is 1. The van der Waals surface area contributed by atoms with E-state index in [-0.39, 0.29) is 23.8 Å². The number of para-hydroxylation sites is 1. The molecule has 28 heavy (non-hydrogen) atoms. The van der Waals surface area contributed by atoms with Gasteiger partial charge in [0.25, 0.3) is 11.8 Å². The molecule has 0 radical (unpaired) electrons. The second-order valence-corrected chi connectivity index (χ2v) is 7.79. The second kappa shape index (κ2) is 7.91. The van der Waals surface area contributed by atoms with Gasteiger partial charge < -0.3 is 15.0 Å². The fourth-order valence-electron chi connectivity index (χ4n) is 4.41. The number of nitrogens with one attached hydrogen (secondary N) is 1. The minimum Gasteiger partial charge on any atom is -0.376 e. The topological polar surface area (TPSA) is 79.0 Å². The standard InChI is InChI=1S/C21H27N3O4/c1-14(19(25)22-13-15-7-6-12-28-15)24-17-9-3-2-8-16(17)20(26)23-11-5-4-10-18(23)21(24)27/h2-3,8-9,14-15,18H,4-7,10-13H2,1H3,(H,22,25). The number of ether oxygens (including phenoxy) is 1. The van der Waals surface area contributed by atoms with E-state index < -0.39 is 12.1 Å². The van der Waals surface area contributed by atoms with Gasteiger partial charge >= 0.3 is 0 Å². The maximum Gasteiger partial charge on any atom is 0.256 e. The molecule has 3 amide bonds. The highest BCUT2D eigenvalue weighted by molar-refractivity contribution is 6.13. The molecule has 150 valence electrons. The van der Waals surface area contributed by atoms with Crippen LogP contribution in [0.15, 0.2) is 24.3 Å². The Morgan fingerprint density at radius 2 is 2.04 bits per heavy atom. The van der Waals surface area contributed by atoms with Crippen LogP contribution in [0.2, 0.25) is 0 Å². The van der Waals surface area contributed by atoms with Gasteiger partial charge in [0.05, 0.1) is 17.4 Å². The lowest BCUT2D eigenvalue weighted by molar-refractivity contribution is -0.128. The van der Waals surface area contributed by atoms with Crippen molar-refractivity contribution in [1.29, 1.82) is 0 Å². The third kappa shape index (κ3) is 3.39. The molecular weight excluding hydrogens is 358 g/mol. The van der Waals surface area contributed by atoms with Gasteiger partial charge in [0, 0.05) is 19.7 Å². The van der Waals surface area contributed by atoms with Crippen molar-refractivity contribution in [2.45, 2.75) is 57.2 Å². The SMILES string of the molecule is CC(C(=O)NCC1CCCO1)N1C(=O)C2CCCCN2C(=O)c2ccccc21. The molecule has 1 N–H and O–H groups in total. The smallest absolute Gasteiger partial charge is 0.256 e. The van der Waals surface area contributed by atoms with E-state index in [9.17, 15) is 14.4 Å². The van der Waals surface area contributed by atoms with Crippen LogP contribution in [0.1, 0.15) is 49.4 Å². The Balaban J connectivity index is 1.61. The molecule has 2 saturated heterocycles. The summed E-state index contributed by atoms with van der Waals surface area (Å²) in [6, 6.07) is 5.89. The summed E-state index contributed by atoms with van der Waals surface area (Å²) in [5.74, 6) is -0.517. The van der Waals surface area contributed by atoms with Gasteiger partial charge in [0.1, 0.15) is 12.1 Å². The van der Waals surface area contributed by atoms with E-state index in [1.165, 1.54) is 4.90 Å². The number of hydrogen-bond donors (Lipinski definition) is 1. The summed E-state index contributed by atoms with van der Waals surface area (Å²) in [5.41, 5.74) is 1.01. The van der Waals surface area contributed by atoms with Gasteiger partial charge in [-0.05, 0) is 51.2 Å². The first-order valence-corrected chi connectivity index (χ1v) is 10.2. The van der Waals surface area contributed by atoms with Crippen molar-refractivity contribution < 1.29 is 19.1 Å². The number of anilines is 1. The van der Waals surface area contributed by atoms with Crippen LogP contribution in [-0.2, 0) is 14.3 Å². The average Bonchev–Trinajstić information content (AvgIpc) is 3.22. The molecule has 0 saturated carbocycles. The maximum absolute atomic E-state index is 13.4. The van der Waals surface area contributed by atoms with Crippen LogP contribution in [0, 0.1) is 0 Å². The minimum absolute atomic E-state index is 0.0404. The summed E-state index contributed by atoms with van der Waals surface area (Å²) >= 11 is 0. The van der Waals surface area contributed by atoms with Crippen LogP contribution < -0.4 is 10.2 Å². The summed E-state index contributed by atoms with van der Waals surface area (Å²) in [5, 5.41) is 2.92. The largest absolute Gasteiger partial charge is 0.376 e. The molecule has 3 atom stereocenters. The Kier molecular flexibility index (Phi) is 5.35. The fraction of sp³-hybridized carbons (Fsp3) is 0.571. The van der Waals surface area contributed by atoms with Gasteiger partial charge in [-0.15, -0.1) is 0 Å². The van der Waals surface area contributed by atoms with E-state index in [4.69, 9.17) is 4.74 Å². The average molecular weight is 385 g/mol. The Morgan fingerprint density at radius 1 is 1.21 bits per heavy atom. The number of rotatable bonds is 4. The van der Waals surface area contributed by atoms with Crippen LogP contribution in [0.25, 0.3) is 0 Å². The van der Waals surface area contributed by atoms with Crippen molar-refractivity contribution in [1.82, 2.24) is 10.2 Å². The highest BCUT2D eigenvalue weighted by atomic mass is 16.5. The summed E-state index contributed by atoms with van der Waals surface area (Å²) in [7, 11) is 0. The fourth-order valence-corrected chi connectivity index (χ4v) is 4.41. The highest BCUT2D eigenvalue weighted by Gasteiger charge is 2.43. The van der Waals surface area contributed by atoms with Crippen molar-refractivity contribution in [2.24, 2.45) is 0 Å². The minimum atomic E-state index is -0.704. The molecule has 3 aliphatic rings. The predicted molar refractivity (Wildman–Crippen MR) is 104 cm³/mol. The molecule has 3 heterocycles. The van der Waals surface area contributed by atoms with Crippen LogP contribution in [-0.4, -0.2) is 60.5 Å². The lowest BCUT2D eigenvalue weighted by Gasteiger charge is -2.35. The van der Waals surface area contributed by atoms with Gasteiger partial charge in [0.2, 0.25) is 5.91 Å². The van der Waals surface area contributed by atoms with Crippen LogP contribution in [0.4, 0.5) is 5.69 Å². The van der Waals surface area contributed by atoms with E-state index in [1.807, 2.05) is 0 Å². The van der Waals surface area contributed by atoms with Crippen molar-refractivity contribution in [2.75, 3.05) is 24.6 Å². The Hall–Kier alpha value is -2.41. The molecule has 0 spiro atoms. The van der Waals surface area contributed by atoms with Crippen molar-refractivity contribution >= 4 is 23.4 Å².